The lowest BCUT2D eigenvalue weighted by Crippen LogP contribution is -2.27. The van der Waals surface area contributed by atoms with Crippen LogP contribution in [0.5, 0.6) is 0 Å². The Morgan fingerprint density at radius 3 is 2.51 bits per heavy atom. The molecule has 0 aliphatic rings. The first-order valence-electron chi connectivity index (χ1n) is 12.4. The highest BCUT2D eigenvalue weighted by Crippen LogP contribution is 2.37. The van der Waals surface area contributed by atoms with Crippen LogP contribution in [0, 0.1) is 5.41 Å². The third-order valence-corrected chi connectivity index (χ3v) is 7.66. The lowest BCUT2D eigenvalue weighted by molar-refractivity contribution is -0.123. The maximum absolute atomic E-state index is 12.5. The lowest BCUT2D eigenvalue weighted by atomic mass is 9.95. The van der Waals surface area contributed by atoms with Crippen molar-refractivity contribution in [3.05, 3.63) is 66.2 Å². The zero-order valence-corrected chi connectivity index (χ0v) is 22.6. The second kappa shape index (κ2) is 9.25. The van der Waals surface area contributed by atoms with E-state index in [4.69, 9.17) is 0 Å². The quantitative estimate of drug-likeness (QED) is 0.217. The summed E-state index contributed by atoms with van der Waals surface area (Å²) in [6.07, 6.45) is 8.69. The van der Waals surface area contributed by atoms with Crippen LogP contribution in [-0.4, -0.2) is 41.8 Å². The number of nitrogens with one attached hydrogen (secondary N) is 3. The Hall–Kier alpha value is -4.70. The second-order valence-electron chi connectivity index (χ2n) is 10.4. The molecule has 6 aromatic heterocycles. The first-order valence-corrected chi connectivity index (χ1v) is 13.2. The minimum atomic E-state index is -0.521. The summed E-state index contributed by atoms with van der Waals surface area (Å²) < 4.78 is 0. The van der Waals surface area contributed by atoms with Crippen LogP contribution in [-0.2, 0) is 4.79 Å². The van der Waals surface area contributed by atoms with Gasteiger partial charge in [0.25, 0.3) is 0 Å². The molecule has 6 aromatic rings. The van der Waals surface area contributed by atoms with Gasteiger partial charge in [0.1, 0.15) is 5.69 Å². The van der Waals surface area contributed by atoms with Crippen LogP contribution in [0.25, 0.3) is 54.9 Å². The minimum Gasteiger partial charge on any atom is -0.352 e. The number of carbonyl (C=O) groups excluding carboxylic acids is 2. The molecule has 0 saturated heterocycles. The van der Waals surface area contributed by atoms with E-state index < -0.39 is 5.41 Å². The number of pyridine rings is 3. The minimum absolute atomic E-state index is 0.0471. The van der Waals surface area contributed by atoms with Crippen LogP contribution in [0.15, 0.2) is 61.3 Å². The van der Waals surface area contributed by atoms with E-state index in [-0.39, 0.29) is 11.7 Å². The monoisotopic (exact) mass is 535 g/mol. The number of nitrogens with zero attached hydrogens (tertiary/aromatic N) is 4. The number of carbonyl (C=O) groups is 2. The van der Waals surface area contributed by atoms with E-state index in [0.29, 0.717) is 16.3 Å². The molecule has 0 bridgehead atoms. The number of hydrogen-bond donors (Lipinski definition) is 3. The van der Waals surface area contributed by atoms with Crippen LogP contribution < -0.4 is 5.32 Å². The molecular formula is C29H25N7O2S. The fourth-order valence-electron chi connectivity index (χ4n) is 4.29. The maximum Gasteiger partial charge on any atom is 0.229 e. The van der Waals surface area contributed by atoms with Gasteiger partial charge in [0.2, 0.25) is 5.91 Å². The van der Waals surface area contributed by atoms with Gasteiger partial charge >= 0.3 is 0 Å². The molecule has 39 heavy (non-hydrogen) atoms. The molecule has 9 nitrogen and oxygen atoms in total. The molecule has 0 aromatic carbocycles. The van der Waals surface area contributed by atoms with E-state index in [0.717, 1.165) is 49.2 Å². The van der Waals surface area contributed by atoms with Crippen LogP contribution >= 0.6 is 11.3 Å². The van der Waals surface area contributed by atoms with Crippen molar-refractivity contribution in [1.82, 2.24) is 30.1 Å². The highest BCUT2D eigenvalue weighted by molar-refractivity contribution is 7.17. The molecular weight excluding hydrogens is 510 g/mol. The standard InChI is InChI=1S/C29H25N7O2S/c1-15(37)25-5-6-26(39-25)20-12-31-13-23-18(20)8-22(34-23)27-19-9-21(32-14-24(19)35-36-27)16-7-17(11-30-10-16)33-28(38)29(2,3)4/h5-14,34H,1-4H3,(H,33,38)(H,35,36). The summed E-state index contributed by atoms with van der Waals surface area (Å²) in [6, 6.07) is 9.69. The van der Waals surface area contributed by atoms with Gasteiger partial charge in [-0.3, -0.25) is 29.6 Å². The van der Waals surface area contributed by atoms with Gasteiger partial charge in [-0.25, -0.2) is 0 Å². The zero-order chi connectivity index (χ0) is 27.3. The van der Waals surface area contributed by atoms with Crippen LogP contribution in [0.1, 0.15) is 37.4 Å². The first kappa shape index (κ1) is 24.6. The van der Waals surface area contributed by atoms with E-state index in [1.807, 2.05) is 51.2 Å². The topological polar surface area (TPSA) is 129 Å². The molecule has 0 aliphatic heterocycles. The maximum atomic E-state index is 12.5. The van der Waals surface area contributed by atoms with E-state index in [1.165, 1.54) is 11.3 Å². The Balaban J connectivity index is 1.39. The van der Waals surface area contributed by atoms with Gasteiger partial charge in [-0.05, 0) is 37.3 Å². The number of rotatable bonds is 5. The third kappa shape index (κ3) is 4.59. The molecule has 0 aliphatic carbocycles. The predicted molar refractivity (Wildman–Crippen MR) is 154 cm³/mol. The number of thiophene rings is 1. The van der Waals surface area contributed by atoms with Gasteiger partial charge in [0, 0.05) is 44.6 Å². The number of aromatic amines is 2. The van der Waals surface area contributed by atoms with E-state index in [9.17, 15) is 9.59 Å². The highest BCUT2D eigenvalue weighted by atomic mass is 32.1. The Morgan fingerprint density at radius 1 is 0.923 bits per heavy atom. The van der Waals surface area contributed by atoms with Gasteiger partial charge in [-0.15, -0.1) is 11.3 Å². The van der Waals surface area contributed by atoms with Crippen molar-refractivity contribution >= 4 is 50.5 Å². The summed E-state index contributed by atoms with van der Waals surface area (Å²) in [4.78, 5) is 42.7. The van der Waals surface area contributed by atoms with Gasteiger partial charge in [0.05, 0.1) is 51.6 Å². The molecule has 0 atom stereocenters. The average molecular weight is 536 g/mol. The van der Waals surface area contributed by atoms with Gasteiger partial charge in [-0.2, -0.15) is 5.10 Å². The van der Waals surface area contributed by atoms with Crippen molar-refractivity contribution in [2.75, 3.05) is 5.32 Å². The van der Waals surface area contributed by atoms with E-state index in [1.54, 1.807) is 31.7 Å². The fourth-order valence-corrected chi connectivity index (χ4v) is 5.22. The Labute approximate surface area is 227 Å². The SMILES string of the molecule is CC(=O)c1ccc(-c2cncc3[nH]c(-c4n[nH]c5cnc(-c6cncc(NC(=O)C(C)(C)C)c6)cc45)cc23)s1. The van der Waals surface area contributed by atoms with Crippen LogP contribution in [0.2, 0.25) is 0 Å². The third-order valence-electron chi connectivity index (χ3n) is 6.44. The first-order chi connectivity index (χ1) is 18.7. The van der Waals surface area contributed by atoms with Crippen molar-refractivity contribution < 1.29 is 9.59 Å². The number of amides is 1. The average Bonchev–Trinajstić information content (AvgIpc) is 3.65. The Bertz CT molecular complexity index is 1890. The summed E-state index contributed by atoms with van der Waals surface area (Å²) in [6.45, 7) is 7.16. The molecule has 6 rings (SSSR count). The Morgan fingerprint density at radius 2 is 1.74 bits per heavy atom. The second-order valence-corrected chi connectivity index (χ2v) is 11.5. The van der Waals surface area contributed by atoms with Gasteiger partial charge < -0.3 is 10.3 Å². The van der Waals surface area contributed by atoms with Crippen LogP contribution in [0.3, 0.4) is 0 Å². The molecule has 1 amide bonds. The summed E-state index contributed by atoms with van der Waals surface area (Å²) in [5.41, 5.74) is 5.77. The number of hydrogen-bond acceptors (Lipinski definition) is 7. The summed E-state index contributed by atoms with van der Waals surface area (Å²) >= 11 is 1.46. The molecule has 6 heterocycles. The lowest BCUT2D eigenvalue weighted by Gasteiger charge is -2.17. The summed E-state index contributed by atoms with van der Waals surface area (Å²) in [5, 5.41) is 12.5. The molecule has 194 valence electrons. The normalized spacial score (nSPS) is 11.8. The van der Waals surface area contributed by atoms with Crippen molar-refractivity contribution in [2.45, 2.75) is 27.7 Å². The molecule has 0 fully saturated rings. The zero-order valence-electron chi connectivity index (χ0n) is 21.8. The van der Waals surface area contributed by atoms with E-state index in [2.05, 4.69) is 41.5 Å². The fraction of sp³-hybridized carbons (Fsp3) is 0.172. The number of Topliss-reactive ketones (excluding diaryl/α,β-unsaturated/α-hetero) is 1. The van der Waals surface area contributed by atoms with Gasteiger partial charge in [-0.1, -0.05) is 20.8 Å². The summed E-state index contributed by atoms with van der Waals surface area (Å²) in [5.74, 6) is -0.0411. The van der Waals surface area contributed by atoms with Crippen molar-refractivity contribution in [3.63, 3.8) is 0 Å². The van der Waals surface area contributed by atoms with E-state index >= 15 is 0 Å². The number of anilines is 1. The number of ketones is 1. The van der Waals surface area contributed by atoms with Crippen molar-refractivity contribution in [1.29, 1.82) is 0 Å². The molecule has 3 N–H and O–H groups in total. The predicted octanol–water partition coefficient (Wildman–Crippen LogP) is 6.48. The van der Waals surface area contributed by atoms with Crippen LogP contribution in [0.4, 0.5) is 5.69 Å². The summed E-state index contributed by atoms with van der Waals surface area (Å²) in [7, 11) is 0. The molecule has 0 spiro atoms. The molecule has 10 heteroatoms. The highest BCUT2D eigenvalue weighted by Gasteiger charge is 2.22. The molecule has 0 unspecified atom stereocenters. The molecule has 0 radical (unpaired) electrons. The van der Waals surface area contributed by atoms with Gasteiger partial charge in [0.15, 0.2) is 5.78 Å². The number of fused-ring (bicyclic) bond motifs is 2. The number of aromatic nitrogens is 6. The largest absolute Gasteiger partial charge is 0.352 e. The molecule has 0 saturated carbocycles. The Kier molecular flexibility index (Phi) is 5.84. The smallest absolute Gasteiger partial charge is 0.229 e. The van der Waals surface area contributed by atoms with Crippen molar-refractivity contribution in [2.24, 2.45) is 5.41 Å². The number of H-pyrrole nitrogens is 2. The van der Waals surface area contributed by atoms with Crippen molar-refractivity contribution in [3.8, 4) is 33.1 Å².